The van der Waals surface area contributed by atoms with Crippen molar-refractivity contribution in [1.29, 1.82) is 0 Å². The van der Waals surface area contributed by atoms with Gasteiger partial charge in [-0.3, -0.25) is 4.39 Å². The lowest BCUT2D eigenvalue weighted by atomic mass is 10.0. The molecule has 0 unspecified atom stereocenters. The fourth-order valence-electron chi connectivity index (χ4n) is 2.29. The molecule has 0 atom stereocenters. The second kappa shape index (κ2) is 19.2. The summed E-state index contributed by atoms with van der Waals surface area (Å²) in [6.45, 7) is 2.14. The van der Waals surface area contributed by atoms with E-state index in [-0.39, 0.29) is 12.8 Å². The molecule has 0 aromatic carbocycles. The van der Waals surface area contributed by atoms with E-state index in [9.17, 15) is 4.39 Å². The van der Waals surface area contributed by atoms with E-state index in [1.165, 1.54) is 77.0 Å². The van der Waals surface area contributed by atoms with Gasteiger partial charge in [0.2, 0.25) is 0 Å². The number of hydrogen-bond donors (Lipinski definition) is 1. The summed E-state index contributed by atoms with van der Waals surface area (Å²) >= 11 is 0. The molecule has 18 heavy (non-hydrogen) atoms. The first kappa shape index (κ1) is 20.2. The third-order valence-corrected chi connectivity index (χ3v) is 3.49. The molecule has 0 aliphatic heterocycles. The van der Waals surface area contributed by atoms with Crippen LogP contribution in [-0.4, -0.2) is 6.67 Å². The third-order valence-electron chi connectivity index (χ3n) is 3.49. The number of hydrogen-bond acceptors (Lipinski definition) is 1. The SMILES string of the molecule is CCCCCCCCCCCCCCCCF.N. The Hall–Kier alpha value is -0.110. The summed E-state index contributed by atoms with van der Waals surface area (Å²) in [6, 6.07) is 0. The highest BCUT2D eigenvalue weighted by molar-refractivity contribution is 4.48. The topological polar surface area (TPSA) is 35.0 Å². The van der Waals surface area contributed by atoms with E-state index in [1.54, 1.807) is 0 Å². The van der Waals surface area contributed by atoms with Crippen molar-refractivity contribution >= 4 is 0 Å². The average molecular weight is 261 g/mol. The molecule has 1 nitrogen and oxygen atoms in total. The van der Waals surface area contributed by atoms with Crippen LogP contribution in [0, 0.1) is 0 Å². The van der Waals surface area contributed by atoms with E-state index in [1.807, 2.05) is 0 Å². The maximum absolute atomic E-state index is 11.8. The van der Waals surface area contributed by atoms with Gasteiger partial charge in [-0.2, -0.15) is 0 Å². The Morgan fingerprint density at radius 3 is 1.06 bits per heavy atom. The maximum atomic E-state index is 11.8. The quantitative estimate of drug-likeness (QED) is 0.351. The molecule has 0 heterocycles. The molecule has 3 N–H and O–H groups in total. The molecule has 0 spiro atoms. The Bertz CT molecular complexity index is 114. The zero-order chi connectivity index (χ0) is 12.6. The normalized spacial score (nSPS) is 10.3. The van der Waals surface area contributed by atoms with Crippen LogP contribution in [0.2, 0.25) is 0 Å². The fraction of sp³-hybridized carbons (Fsp3) is 1.00. The third kappa shape index (κ3) is 18.3. The molecule has 2 heteroatoms. The van der Waals surface area contributed by atoms with E-state index >= 15 is 0 Å². The predicted molar refractivity (Wildman–Crippen MR) is 81.3 cm³/mol. The van der Waals surface area contributed by atoms with Crippen LogP contribution in [0.4, 0.5) is 4.39 Å². The first-order valence-electron chi connectivity index (χ1n) is 7.97. The van der Waals surface area contributed by atoms with Crippen LogP contribution in [0.25, 0.3) is 0 Å². The lowest BCUT2D eigenvalue weighted by Gasteiger charge is -2.02. The largest absolute Gasteiger partial charge is 0.344 e. The van der Waals surface area contributed by atoms with Crippen molar-refractivity contribution in [1.82, 2.24) is 6.15 Å². The van der Waals surface area contributed by atoms with Gasteiger partial charge in [-0.15, -0.1) is 0 Å². The van der Waals surface area contributed by atoms with Crippen LogP contribution < -0.4 is 6.15 Å². The summed E-state index contributed by atoms with van der Waals surface area (Å²) in [5, 5.41) is 0. The summed E-state index contributed by atoms with van der Waals surface area (Å²) in [7, 11) is 0. The lowest BCUT2D eigenvalue weighted by molar-refractivity contribution is 0.448. The van der Waals surface area contributed by atoms with Gasteiger partial charge in [0.1, 0.15) is 0 Å². The van der Waals surface area contributed by atoms with Gasteiger partial charge in [0.05, 0.1) is 6.67 Å². The molecule has 0 bridgehead atoms. The first-order chi connectivity index (χ1) is 8.41. The molecule has 112 valence electrons. The highest BCUT2D eigenvalue weighted by atomic mass is 19.1. The summed E-state index contributed by atoms with van der Waals surface area (Å²) in [5.41, 5.74) is 0. The van der Waals surface area contributed by atoms with Crippen LogP contribution >= 0.6 is 0 Å². The molecule has 0 saturated carbocycles. The van der Waals surface area contributed by atoms with Crippen molar-refractivity contribution in [3.8, 4) is 0 Å². The number of rotatable bonds is 14. The molecular weight excluding hydrogens is 225 g/mol. The summed E-state index contributed by atoms with van der Waals surface area (Å²) in [6.07, 6.45) is 18.5. The van der Waals surface area contributed by atoms with E-state index in [0.29, 0.717) is 0 Å². The van der Waals surface area contributed by atoms with Crippen LogP contribution in [0.5, 0.6) is 0 Å². The Kier molecular flexibility index (Phi) is 21.6. The van der Waals surface area contributed by atoms with Gasteiger partial charge >= 0.3 is 0 Å². The van der Waals surface area contributed by atoms with Gasteiger partial charge in [-0.05, 0) is 6.42 Å². The van der Waals surface area contributed by atoms with Gasteiger partial charge in [0, 0.05) is 0 Å². The molecule has 0 aliphatic rings. The average Bonchev–Trinajstić information content (AvgIpc) is 2.35. The van der Waals surface area contributed by atoms with Crippen LogP contribution in [0.15, 0.2) is 0 Å². The molecule has 0 aromatic heterocycles. The highest BCUT2D eigenvalue weighted by Crippen LogP contribution is 2.12. The fourth-order valence-corrected chi connectivity index (χ4v) is 2.29. The Labute approximate surface area is 115 Å². The van der Waals surface area contributed by atoms with Crippen molar-refractivity contribution in [2.45, 2.75) is 96.8 Å². The van der Waals surface area contributed by atoms with Crippen molar-refractivity contribution < 1.29 is 4.39 Å². The van der Waals surface area contributed by atoms with Gasteiger partial charge in [0.25, 0.3) is 0 Å². The number of alkyl halides is 1. The highest BCUT2D eigenvalue weighted by Gasteiger charge is 1.93. The van der Waals surface area contributed by atoms with E-state index < -0.39 is 0 Å². The first-order valence-corrected chi connectivity index (χ1v) is 7.97. The monoisotopic (exact) mass is 261 g/mol. The molecule has 0 aromatic rings. The second-order valence-corrected chi connectivity index (χ2v) is 5.29. The minimum absolute atomic E-state index is 0. The lowest BCUT2D eigenvalue weighted by Crippen LogP contribution is -1.83. The van der Waals surface area contributed by atoms with Gasteiger partial charge in [-0.1, -0.05) is 90.4 Å². The van der Waals surface area contributed by atoms with E-state index in [4.69, 9.17) is 0 Å². The van der Waals surface area contributed by atoms with Gasteiger partial charge in [0.15, 0.2) is 0 Å². The molecule has 0 fully saturated rings. The van der Waals surface area contributed by atoms with Crippen LogP contribution in [0.1, 0.15) is 96.8 Å². The molecule has 0 aliphatic carbocycles. The zero-order valence-corrected chi connectivity index (χ0v) is 12.7. The Balaban J connectivity index is 0. The smallest absolute Gasteiger partial charge is 0.0894 e. The van der Waals surface area contributed by atoms with E-state index in [2.05, 4.69) is 6.92 Å². The van der Waals surface area contributed by atoms with E-state index in [0.717, 1.165) is 12.8 Å². The van der Waals surface area contributed by atoms with Crippen molar-refractivity contribution in [3.63, 3.8) is 0 Å². The minimum atomic E-state index is -0.127. The molecule has 0 radical (unpaired) electrons. The minimum Gasteiger partial charge on any atom is -0.344 e. The maximum Gasteiger partial charge on any atom is 0.0894 e. The Morgan fingerprint density at radius 2 is 0.778 bits per heavy atom. The molecular formula is C16H36FN. The summed E-state index contributed by atoms with van der Waals surface area (Å²) in [4.78, 5) is 0. The standard InChI is InChI=1S/C16H33F.H3N/c1-2-3-4-5-6-7-8-9-10-11-12-13-14-15-16-17;/h2-16H2,1H3;1H3. The molecule has 0 rings (SSSR count). The zero-order valence-electron chi connectivity index (χ0n) is 12.7. The molecule has 0 saturated heterocycles. The molecule has 0 amide bonds. The Morgan fingerprint density at radius 1 is 0.500 bits per heavy atom. The predicted octanol–water partition coefficient (Wildman–Crippen LogP) is 6.60. The van der Waals surface area contributed by atoms with Crippen LogP contribution in [0.3, 0.4) is 0 Å². The van der Waals surface area contributed by atoms with Gasteiger partial charge < -0.3 is 6.15 Å². The summed E-state index contributed by atoms with van der Waals surface area (Å²) in [5.74, 6) is 0. The van der Waals surface area contributed by atoms with Crippen molar-refractivity contribution in [2.24, 2.45) is 0 Å². The number of halogens is 1. The van der Waals surface area contributed by atoms with Gasteiger partial charge in [-0.25, -0.2) is 0 Å². The van der Waals surface area contributed by atoms with Crippen molar-refractivity contribution in [3.05, 3.63) is 0 Å². The van der Waals surface area contributed by atoms with Crippen molar-refractivity contribution in [2.75, 3.05) is 6.67 Å². The summed E-state index contributed by atoms with van der Waals surface area (Å²) < 4.78 is 11.8. The van der Waals surface area contributed by atoms with Crippen LogP contribution in [-0.2, 0) is 0 Å². The second-order valence-electron chi connectivity index (χ2n) is 5.29. The number of unbranched alkanes of at least 4 members (excludes halogenated alkanes) is 13.